The molecule has 5 heteroatoms. The number of hydrogen-bond donors (Lipinski definition) is 0. The van der Waals surface area contributed by atoms with Crippen LogP contribution in [-0.2, 0) is 4.79 Å². The van der Waals surface area contributed by atoms with E-state index in [0.29, 0.717) is 5.70 Å². The van der Waals surface area contributed by atoms with Crippen LogP contribution >= 0.6 is 11.8 Å². The molecule has 0 saturated heterocycles. The van der Waals surface area contributed by atoms with Crippen LogP contribution in [0.2, 0.25) is 0 Å². The molecule has 0 N–H and O–H groups in total. The van der Waals surface area contributed by atoms with E-state index in [9.17, 15) is 4.79 Å². The van der Waals surface area contributed by atoms with Crippen LogP contribution in [0.4, 0.5) is 0 Å². The Bertz CT molecular complexity index is 268. The van der Waals surface area contributed by atoms with Crippen molar-refractivity contribution in [2.45, 2.75) is 5.25 Å². The lowest BCUT2D eigenvalue weighted by Crippen LogP contribution is -2.15. The molecule has 2 aliphatic rings. The molecule has 0 aromatic rings. The summed E-state index contributed by atoms with van der Waals surface area (Å²) in [6.07, 6.45) is 1.52. The van der Waals surface area contributed by atoms with Gasteiger partial charge in [0, 0.05) is 0 Å². The third-order valence-electron chi connectivity index (χ3n) is 1.24. The first-order valence-electron chi connectivity index (χ1n) is 2.71. The van der Waals surface area contributed by atoms with Crippen LogP contribution in [0, 0.1) is 0 Å². The second-order valence-electron chi connectivity index (χ2n) is 1.86. The topological polar surface area (TPSA) is 54.1 Å². The molecule has 0 bridgehead atoms. The predicted molar refractivity (Wildman–Crippen MR) is 37.8 cm³/mol. The van der Waals surface area contributed by atoms with Crippen molar-refractivity contribution in [1.82, 2.24) is 0 Å². The number of amides is 1. The Morgan fingerprint density at radius 3 is 3.30 bits per heavy atom. The van der Waals surface area contributed by atoms with Crippen LogP contribution in [0.1, 0.15) is 0 Å². The van der Waals surface area contributed by atoms with Crippen LogP contribution < -0.4 is 0 Å². The van der Waals surface area contributed by atoms with Crippen molar-refractivity contribution in [1.29, 1.82) is 0 Å². The van der Waals surface area contributed by atoms with Gasteiger partial charge in [-0.25, -0.2) is 0 Å². The molecule has 1 unspecified atom stereocenters. The molecule has 2 aliphatic heterocycles. The highest BCUT2D eigenvalue weighted by atomic mass is 32.2. The van der Waals surface area contributed by atoms with Gasteiger partial charge in [-0.1, -0.05) is 11.8 Å². The Morgan fingerprint density at radius 2 is 2.50 bits per heavy atom. The van der Waals surface area contributed by atoms with E-state index in [1.54, 1.807) is 5.55 Å². The normalized spacial score (nSPS) is 28.6. The van der Waals surface area contributed by atoms with Crippen LogP contribution in [0.3, 0.4) is 0 Å². The molecular formula is C5H3N3OS. The average molecular weight is 153 g/mol. The highest BCUT2D eigenvalue weighted by molar-refractivity contribution is 8.13. The molecule has 0 saturated carbocycles. The molecule has 0 radical (unpaired) electrons. The number of rotatable bonds is 0. The molecule has 1 atom stereocenters. The summed E-state index contributed by atoms with van der Waals surface area (Å²) in [5, 5.41) is 6.66. The lowest BCUT2D eigenvalue weighted by atomic mass is 10.3. The Labute approximate surface area is 61.1 Å². The van der Waals surface area contributed by atoms with Gasteiger partial charge in [-0.2, -0.15) is 5.11 Å². The van der Waals surface area contributed by atoms with Crippen molar-refractivity contribution in [3.8, 4) is 0 Å². The van der Waals surface area contributed by atoms with E-state index in [1.165, 1.54) is 18.0 Å². The summed E-state index contributed by atoms with van der Waals surface area (Å²) in [6, 6.07) is 0. The van der Waals surface area contributed by atoms with Gasteiger partial charge in [0.05, 0.1) is 17.4 Å². The minimum Gasteiger partial charge on any atom is -0.269 e. The van der Waals surface area contributed by atoms with Crippen molar-refractivity contribution >= 4 is 23.2 Å². The molecule has 2 rings (SSSR count). The highest BCUT2D eigenvalue weighted by Gasteiger charge is 2.28. The standard InChI is InChI=1S/C5H3N3OS/c9-5-4-3(1-7-8-5)6-2-10-4/h1-2,4H. The number of hydrogen-bond acceptors (Lipinski definition) is 4. The van der Waals surface area contributed by atoms with Crippen molar-refractivity contribution in [3.63, 3.8) is 0 Å². The summed E-state index contributed by atoms with van der Waals surface area (Å²) in [4.78, 5) is 14.8. The lowest BCUT2D eigenvalue weighted by Gasteiger charge is -2.04. The zero-order valence-electron chi connectivity index (χ0n) is 4.89. The summed E-state index contributed by atoms with van der Waals surface area (Å²) in [5.74, 6) is -0.208. The summed E-state index contributed by atoms with van der Waals surface area (Å²) >= 11 is 1.37. The first-order valence-corrected chi connectivity index (χ1v) is 3.65. The van der Waals surface area contributed by atoms with Gasteiger partial charge in [-0.15, -0.1) is 5.11 Å². The number of nitrogens with zero attached hydrogens (tertiary/aromatic N) is 3. The van der Waals surface area contributed by atoms with Crippen LogP contribution in [0.25, 0.3) is 0 Å². The minimum atomic E-state index is -0.211. The summed E-state index contributed by atoms with van der Waals surface area (Å²) in [7, 11) is 0. The van der Waals surface area contributed by atoms with E-state index in [1.807, 2.05) is 0 Å². The number of azo groups is 1. The Balaban J connectivity index is 2.40. The molecule has 4 nitrogen and oxygen atoms in total. The second-order valence-corrected chi connectivity index (χ2v) is 2.81. The van der Waals surface area contributed by atoms with Gasteiger partial charge in [0.2, 0.25) is 0 Å². The maximum Gasteiger partial charge on any atom is 0.284 e. The quantitative estimate of drug-likeness (QED) is 0.520. The molecule has 0 fully saturated rings. The third-order valence-corrected chi connectivity index (χ3v) is 2.18. The smallest absolute Gasteiger partial charge is 0.269 e. The molecule has 0 aromatic heterocycles. The molecule has 0 aliphatic carbocycles. The SMILES string of the molecule is O=C1N=NC=C2N=CSC12. The highest BCUT2D eigenvalue weighted by Crippen LogP contribution is 2.28. The van der Waals surface area contributed by atoms with Crippen molar-refractivity contribution < 1.29 is 4.79 Å². The van der Waals surface area contributed by atoms with Crippen LogP contribution in [0.15, 0.2) is 27.1 Å². The van der Waals surface area contributed by atoms with E-state index in [-0.39, 0.29) is 11.2 Å². The third kappa shape index (κ3) is 0.706. The van der Waals surface area contributed by atoms with Crippen molar-refractivity contribution in [2.24, 2.45) is 15.2 Å². The molecule has 2 heterocycles. The molecule has 0 spiro atoms. The fourth-order valence-electron chi connectivity index (χ4n) is 0.773. The maximum absolute atomic E-state index is 10.9. The number of carbonyl (C=O) groups is 1. The van der Waals surface area contributed by atoms with E-state index >= 15 is 0 Å². The van der Waals surface area contributed by atoms with Crippen molar-refractivity contribution in [2.75, 3.05) is 0 Å². The average Bonchev–Trinajstić information content (AvgIpc) is 2.36. The molecule has 50 valence electrons. The van der Waals surface area contributed by atoms with Gasteiger partial charge in [0.1, 0.15) is 5.25 Å². The van der Waals surface area contributed by atoms with Crippen LogP contribution in [-0.4, -0.2) is 16.7 Å². The summed E-state index contributed by atoms with van der Waals surface area (Å²) < 4.78 is 0. The minimum absolute atomic E-state index is 0.208. The van der Waals surface area contributed by atoms with Crippen molar-refractivity contribution in [3.05, 3.63) is 11.9 Å². The van der Waals surface area contributed by atoms with Gasteiger partial charge in [-0.3, -0.25) is 9.79 Å². The van der Waals surface area contributed by atoms with Gasteiger partial charge in [-0.05, 0) is 0 Å². The van der Waals surface area contributed by atoms with Gasteiger partial charge in [0.15, 0.2) is 0 Å². The van der Waals surface area contributed by atoms with E-state index in [4.69, 9.17) is 0 Å². The molecular weight excluding hydrogens is 150 g/mol. The van der Waals surface area contributed by atoms with Gasteiger partial charge < -0.3 is 0 Å². The fraction of sp³-hybridized carbons (Fsp3) is 0.200. The van der Waals surface area contributed by atoms with E-state index < -0.39 is 0 Å². The van der Waals surface area contributed by atoms with E-state index in [2.05, 4.69) is 15.2 Å². The number of thioether (sulfide) groups is 1. The first kappa shape index (κ1) is 5.79. The molecule has 1 amide bonds. The zero-order chi connectivity index (χ0) is 6.97. The molecule has 0 aromatic carbocycles. The van der Waals surface area contributed by atoms with E-state index in [0.717, 1.165) is 0 Å². The number of fused-ring (bicyclic) bond motifs is 1. The lowest BCUT2D eigenvalue weighted by molar-refractivity contribution is -0.117. The Kier molecular flexibility index (Phi) is 1.17. The van der Waals surface area contributed by atoms with Crippen LogP contribution in [0.5, 0.6) is 0 Å². The van der Waals surface area contributed by atoms with Gasteiger partial charge >= 0.3 is 0 Å². The maximum atomic E-state index is 10.9. The zero-order valence-corrected chi connectivity index (χ0v) is 5.71. The summed E-state index contributed by atoms with van der Waals surface area (Å²) in [5.41, 5.74) is 2.36. The van der Waals surface area contributed by atoms with Gasteiger partial charge in [0.25, 0.3) is 5.91 Å². The summed E-state index contributed by atoms with van der Waals surface area (Å²) in [6.45, 7) is 0. The predicted octanol–water partition coefficient (Wildman–Crippen LogP) is 0.964. The second kappa shape index (κ2) is 2.02. The number of aliphatic imine (C=N–C) groups is 1. The fourth-order valence-corrected chi connectivity index (χ4v) is 1.50. The first-order chi connectivity index (χ1) is 4.88. The molecule has 10 heavy (non-hydrogen) atoms. The largest absolute Gasteiger partial charge is 0.284 e. The monoisotopic (exact) mass is 153 g/mol. The Morgan fingerprint density at radius 1 is 1.60 bits per heavy atom. The number of carbonyl (C=O) groups excluding carboxylic acids is 1. The Hall–Kier alpha value is -0.970.